The second-order valence-corrected chi connectivity index (χ2v) is 5.34. The van der Waals surface area contributed by atoms with Crippen LogP contribution in [0.4, 0.5) is 5.69 Å². The van der Waals surface area contributed by atoms with Gasteiger partial charge in [-0.25, -0.2) is 0 Å². The summed E-state index contributed by atoms with van der Waals surface area (Å²) in [6, 6.07) is 9.95. The molecule has 0 aliphatic carbocycles. The molecule has 5 heteroatoms. The second kappa shape index (κ2) is 8.35. The molecule has 5 nitrogen and oxygen atoms in total. The average Bonchev–Trinajstić information content (AvgIpc) is 2.62. The largest absolute Gasteiger partial charge is 0.378 e. The number of anilines is 1. The number of rotatable bonds is 5. The third-order valence-corrected chi connectivity index (χ3v) is 3.98. The fourth-order valence-corrected chi connectivity index (χ4v) is 2.62. The first kappa shape index (κ1) is 17.0. The topological polar surface area (TPSA) is 56.6 Å². The molecule has 0 bridgehead atoms. The number of ether oxygens (including phenoxy) is 1. The van der Waals surface area contributed by atoms with Crippen molar-refractivity contribution >= 4 is 17.7 Å². The Morgan fingerprint density at radius 1 is 1.26 bits per heavy atom. The van der Waals surface area contributed by atoms with E-state index in [4.69, 9.17) is 4.74 Å². The molecule has 0 atom stereocenters. The summed E-state index contributed by atoms with van der Waals surface area (Å²) in [5, 5.41) is 9.30. The Bertz CT molecular complexity index is 592. The van der Waals surface area contributed by atoms with Gasteiger partial charge in [-0.3, -0.25) is 4.79 Å². The zero-order valence-corrected chi connectivity index (χ0v) is 13.8. The number of benzene rings is 1. The highest BCUT2D eigenvalue weighted by Crippen LogP contribution is 2.17. The summed E-state index contributed by atoms with van der Waals surface area (Å²) < 4.78 is 5.24. The predicted octanol–water partition coefficient (Wildman–Crippen LogP) is 2.30. The number of hydrogen-bond acceptors (Lipinski definition) is 4. The highest BCUT2D eigenvalue weighted by molar-refractivity contribution is 6.01. The van der Waals surface area contributed by atoms with Gasteiger partial charge in [0.2, 0.25) is 0 Å². The van der Waals surface area contributed by atoms with Crippen LogP contribution >= 0.6 is 0 Å². The first-order valence-corrected chi connectivity index (χ1v) is 8.03. The van der Waals surface area contributed by atoms with E-state index in [1.165, 1.54) is 0 Å². The maximum absolute atomic E-state index is 12.4. The van der Waals surface area contributed by atoms with Crippen LogP contribution in [0.1, 0.15) is 19.4 Å². The molecule has 0 saturated carbocycles. The van der Waals surface area contributed by atoms with Crippen molar-refractivity contribution in [3.05, 3.63) is 35.4 Å². The Labute approximate surface area is 137 Å². The van der Waals surface area contributed by atoms with Crippen molar-refractivity contribution < 1.29 is 9.53 Å². The Balaban J connectivity index is 2.14. The molecule has 1 aliphatic rings. The minimum Gasteiger partial charge on any atom is -0.378 e. The summed E-state index contributed by atoms with van der Waals surface area (Å²) in [5.74, 6) is -0.219. The fraction of sp³-hybridized carbons (Fsp3) is 0.444. The van der Waals surface area contributed by atoms with Crippen LogP contribution in [0.5, 0.6) is 0 Å². The van der Waals surface area contributed by atoms with Crippen molar-refractivity contribution in [2.45, 2.75) is 13.8 Å². The van der Waals surface area contributed by atoms with Gasteiger partial charge in [0.15, 0.2) is 0 Å². The number of carbonyl (C=O) groups excluding carboxylic acids is 1. The van der Waals surface area contributed by atoms with Crippen LogP contribution in [-0.4, -0.2) is 50.2 Å². The molecule has 0 aromatic heterocycles. The van der Waals surface area contributed by atoms with E-state index < -0.39 is 0 Å². The lowest BCUT2D eigenvalue weighted by Crippen LogP contribution is -2.41. The van der Waals surface area contributed by atoms with Gasteiger partial charge in [0.05, 0.1) is 13.2 Å². The van der Waals surface area contributed by atoms with Crippen LogP contribution in [0.3, 0.4) is 0 Å². The molecule has 1 amide bonds. The van der Waals surface area contributed by atoms with E-state index in [0.29, 0.717) is 26.3 Å². The van der Waals surface area contributed by atoms with Crippen molar-refractivity contribution in [1.82, 2.24) is 4.90 Å². The van der Waals surface area contributed by atoms with Crippen molar-refractivity contribution in [2.75, 3.05) is 44.3 Å². The predicted molar refractivity (Wildman–Crippen MR) is 91.0 cm³/mol. The lowest BCUT2D eigenvalue weighted by atomic mass is 10.1. The van der Waals surface area contributed by atoms with E-state index in [9.17, 15) is 10.1 Å². The minimum atomic E-state index is -0.219. The summed E-state index contributed by atoms with van der Waals surface area (Å²) in [6.07, 6.45) is 1.66. The van der Waals surface area contributed by atoms with Gasteiger partial charge in [-0.2, -0.15) is 5.26 Å². The smallest absolute Gasteiger partial charge is 0.264 e. The molecule has 2 rings (SSSR count). The molecule has 1 saturated heterocycles. The molecule has 122 valence electrons. The van der Waals surface area contributed by atoms with Gasteiger partial charge in [0, 0.05) is 31.9 Å². The molecule has 1 aromatic carbocycles. The molecular weight excluding hydrogens is 290 g/mol. The summed E-state index contributed by atoms with van der Waals surface area (Å²) in [4.78, 5) is 16.3. The molecular formula is C18H23N3O2. The van der Waals surface area contributed by atoms with Crippen LogP contribution in [0, 0.1) is 11.3 Å². The number of nitriles is 1. The van der Waals surface area contributed by atoms with E-state index in [2.05, 4.69) is 18.7 Å². The molecule has 0 spiro atoms. The number of carbonyl (C=O) groups is 1. The number of hydrogen-bond donors (Lipinski definition) is 0. The van der Waals surface area contributed by atoms with Crippen LogP contribution in [-0.2, 0) is 9.53 Å². The van der Waals surface area contributed by atoms with Crippen LogP contribution in [0.25, 0.3) is 6.08 Å². The molecule has 23 heavy (non-hydrogen) atoms. The Kier molecular flexibility index (Phi) is 6.19. The molecule has 1 heterocycles. The van der Waals surface area contributed by atoms with Gasteiger partial charge in [0.25, 0.3) is 5.91 Å². The molecule has 1 aromatic rings. The first-order chi connectivity index (χ1) is 11.2. The third-order valence-electron chi connectivity index (χ3n) is 3.98. The van der Waals surface area contributed by atoms with Crippen molar-refractivity contribution in [1.29, 1.82) is 5.26 Å². The number of nitrogens with zero attached hydrogens (tertiary/aromatic N) is 3. The summed E-state index contributed by atoms with van der Waals surface area (Å²) >= 11 is 0. The van der Waals surface area contributed by atoms with Crippen LogP contribution < -0.4 is 4.90 Å². The zero-order valence-electron chi connectivity index (χ0n) is 13.8. The van der Waals surface area contributed by atoms with E-state index in [0.717, 1.165) is 24.3 Å². The zero-order chi connectivity index (χ0) is 16.7. The highest BCUT2D eigenvalue weighted by Gasteiger charge is 2.20. The summed E-state index contributed by atoms with van der Waals surface area (Å²) in [5.41, 5.74) is 2.17. The number of morpholine rings is 1. The maximum atomic E-state index is 12.4. The van der Waals surface area contributed by atoms with Crippen molar-refractivity contribution in [2.24, 2.45) is 0 Å². The second-order valence-electron chi connectivity index (χ2n) is 5.34. The van der Waals surface area contributed by atoms with E-state index in [1.54, 1.807) is 11.0 Å². The third kappa shape index (κ3) is 4.33. The Morgan fingerprint density at radius 2 is 1.87 bits per heavy atom. The number of amides is 1. The lowest BCUT2D eigenvalue weighted by Gasteiger charge is -2.26. The van der Waals surface area contributed by atoms with Gasteiger partial charge in [-0.1, -0.05) is 12.1 Å². The fourth-order valence-electron chi connectivity index (χ4n) is 2.62. The van der Waals surface area contributed by atoms with Gasteiger partial charge >= 0.3 is 0 Å². The highest BCUT2D eigenvalue weighted by atomic mass is 16.5. The average molecular weight is 313 g/mol. The van der Waals surface area contributed by atoms with E-state index in [-0.39, 0.29) is 11.5 Å². The van der Waals surface area contributed by atoms with E-state index in [1.807, 2.05) is 30.3 Å². The quantitative estimate of drug-likeness (QED) is 0.618. The normalized spacial score (nSPS) is 15.2. The Morgan fingerprint density at radius 3 is 2.39 bits per heavy atom. The van der Waals surface area contributed by atoms with Crippen molar-refractivity contribution in [3.8, 4) is 6.07 Å². The summed E-state index contributed by atoms with van der Waals surface area (Å²) in [7, 11) is 0. The Hall–Kier alpha value is -2.32. The van der Waals surface area contributed by atoms with Gasteiger partial charge in [-0.15, -0.1) is 0 Å². The van der Waals surface area contributed by atoms with Crippen LogP contribution in [0.15, 0.2) is 29.8 Å². The van der Waals surface area contributed by atoms with E-state index >= 15 is 0 Å². The molecule has 1 fully saturated rings. The minimum absolute atomic E-state index is 0.169. The molecule has 0 radical (unpaired) electrons. The maximum Gasteiger partial charge on any atom is 0.264 e. The lowest BCUT2D eigenvalue weighted by molar-refractivity contribution is -0.130. The van der Waals surface area contributed by atoms with Gasteiger partial charge in [0.1, 0.15) is 11.6 Å². The molecule has 0 unspecified atom stereocenters. The standard InChI is InChI=1S/C18H23N3O2/c1-3-20(4-2)17-7-5-15(6-8-17)13-16(14-19)18(22)21-9-11-23-12-10-21/h5-8,13H,3-4,9-12H2,1-2H3/b16-13+. The van der Waals surface area contributed by atoms with Crippen molar-refractivity contribution in [3.63, 3.8) is 0 Å². The van der Waals surface area contributed by atoms with Crippen LogP contribution in [0.2, 0.25) is 0 Å². The monoisotopic (exact) mass is 313 g/mol. The SMILES string of the molecule is CCN(CC)c1ccc(/C=C(\C#N)C(=O)N2CCOCC2)cc1. The molecule has 0 N–H and O–H groups in total. The molecule has 1 aliphatic heterocycles. The first-order valence-electron chi connectivity index (χ1n) is 8.03. The van der Waals surface area contributed by atoms with Gasteiger partial charge < -0.3 is 14.5 Å². The summed E-state index contributed by atoms with van der Waals surface area (Å²) in [6.45, 7) is 8.27. The van der Waals surface area contributed by atoms with Gasteiger partial charge in [-0.05, 0) is 37.6 Å².